The van der Waals surface area contributed by atoms with Crippen LogP contribution in [0.4, 0.5) is 15.9 Å². The van der Waals surface area contributed by atoms with Gasteiger partial charge in [0.25, 0.3) is 5.91 Å². The Morgan fingerprint density at radius 1 is 1.08 bits per heavy atom. The van der Waals surface area contributed by atoms with Crippen molar-refractivity contribution in [3.05, 3.63) is 77.8 Å². The molecule has 6 nitrogen and oxygen atoms in total. The quantitative estimate of drug-likeness (QED) is 0.747. The molecule has 2 heterocycles. The topological polar surface area (TPSA) is 79.8 Å². The molecule has 0 aliphatic heterocycles. The second-order valence-corrected chi connectivity index (χ2v) is 5.36. The highest BCUT2D eigenvalue weighted by Crippen LogP contribution is 2.13. The average molecular weight is 337 g/mol. The molecule has 0 spiro atoms. The zero-order valence-electron chi connectivity index (χ0n) is 13.5. The molecule has 0 radical (unpaired) electrons. The zero-order chi connectivity index (χ0) is 17.6. The molecule has 0 saturated carbocycles. The lowest BCUT2D eigenvalue weighted by atomic mass is 10.2. The molecule has 25 heavy (non-hydrogen) atoms. The van der Waals surface area contributed by atoms with Crippen molar-refractivity contribution in [2.24, 2.45) is 0 Å². The van der Waals surface area contributed by atoms with Gasteiger partial charge >= 0.3 is 0 Å². The van der Waals surface area contributed by atoms with Gasteiger partial charge in [-0.05, 0) is 48.9 Å². The molecule has 2 aromatic heterocycles. The molecule has 0 unspecified atom stereocenters. The predicted molar refractivity (Wildman–Crippen MR) is 92.7 cm³/mol. The third-order valence-electron chi connectivity index (χ3n) is 3.40. The number of hydrogen-bond acceptors (Lipinski definition) is 5. The van der Waals surface area contributed by atoms with Crippen LogP contribution in [0.2, 0.25) is 0 Å². The molecule has 0 aliphatic carbocycles. The number of rotatable bonds is 5. The van der Waals surface area contributed by atoms with Gasteiger partial charge in [-0.1, -0.05) is 0 Å². The number of halogens is 1. The van der Waals surface area contributed by atoms with Crippen LogP contribution in [0.1, 0.15) is 21.9 Å². The first-order valence-corrected chi connectivity index (χ1v) is 7.65. The molecule has 0 saturated heterocycles. The van der Waals surface area contributed by atoms with Gasteiger partial charge in [-0.3, -0.25) is 9.78 Å². The van der Waals surface area contributed by atoms with E-state index in [1.165, 1.54) is 24.3 Å². The number of nitrogens with zero attached hydrogens (tertiary/aromatic N) is 3. The number of nitrogens with one attached hydrogen (secondary N) is 2. The second-order valence-electron chi connectivity index (χ2n) is 5.36. The first kappa shape index (κ1) is 16.5. The van der Waals surface area contributed by atoms with Crippen molar-refractivity contribution in [2.45, 2.75) is 13.5 Å². The number of aromatic nitrogens is 3. The van der Waals surface area contributed by atoms with E-state index in [1.54, 1.807) is 25.4 Å². The van der Waals surface area contributed by atoms with Crippen molar-refractivity contribution in [1.29, 1.82) is 0 Å². The molecule has 7 heteroatoms. The fraction of sp³-hybridized carbons (Fsp3) is 0.111. The number of hydrogen-bond donors (Lipinski definition) is 2. The van der Waals surface area contributed by atoms with Gasteiger partial charge in [-0.15, -0.1) is 0 Å². The normalized spacial score (nSPS) is 10.3. The molecule has 2 N–H and O–H groups in total. The standard InChI is InChI=1S/C18H16FN5O/c1-12-22-16(18(25)24-15-4-2-14(19)3-5-15)10-17(23-12)21-11-13-6-8-20-9-7-13/h2-10H,11H2,1H3,(H,24,25)(H,21,22,23). The lowest BCUT2D eigenvalue weighted by molar-refractivity contribution is 0.102. The summed E-state index contributed by atoms with van der Waals surface area (Å²) in [5, 5.41) is 5.84. The summed E-state index contributed by atoms with van der Waals surface area (Å²) in [6.07, 6.45) is 3.42. The lowest BCUT2D eigenvalue weighted by Gasteiger charge is -2.09. The number of anilines is 2. The largest absolute Gasteiger partial charge is 0.366 e. The molecule has 1 amide bonds. The zero-order valence-corrected chi connectivity index (χ0v) is 13.5. The fourth-order valence-electron chi connectivity index (χ4n) is 2.20. The average Bonchev–Trinajstić information content (AvgIpc) is 2.62. The summed E-state index contributed by atoms with van der Waals surface area (Å²) in [7, 11) is 0. The molecular weight excluding hydrogens is 321 g/mol. The van der Waals surface area contributed by atoms with Crippen LogP contribution in [0.25, 0.3) is 0 Å². The van der Waals surface area contributed by atoms with E-state index in [2.05, 4.69) is 25.6 Å². The van der Waals surface area contributed by atoms with Gasteiger partial charge in [0.1, 0.15) is 23.2 Å². The molecule has 0 bridgehead atoms. The van der Waals surface area contributed by atoms with Crippen LogP contribution >= 0.6 is 0 Å². The maximum Gasteiger partial charge on any atom is 0.274 e. The van der Waals surface area contributed by atoms with Gasteiger partial charge in [0.05, 0.1) is 0 Å². The van der Waals surface area contributed by atoms with Crippen molar-refractivity contribution in [1.82, 2.24) is 15.0 Å². The minimum atomic E-state index is -0.385. The Kier molecular flexibility index (Phi) is 4.94. The smallest absolute Gasteiger partial charge is 0.274 e. The Morgan fingerprint density at radius 2 is 1.80 bits per heavy atom. The maximum atomic E-state index is 12.9. The summed E-state index contributed by atoms with van der Waals surface area (Å²) in [4.78, 5) is 24.8. The second kappa shape index (κ2) is 7.48. The van der Waals surface area contributed by atoms with Crippen LogP contribution in [-0.2, 0) is 6.54 Å². The highest BCUT2D eigenvalue weighted by atomic mass is 19.1. The van der Waals surface area contributed by atoms with E-state index in [4.69, 9.17) is 0 Å². The van der Waals surface area contributed by atoms with Crippen molar-refractivity contribution in [3.63, 3.8) is 0 Å². The number of carbonyl (C=O) groups excluding carboxylic acids is 1. The minimum Gasteiger partial charge on any atom is -0.366 e. The van der Waals surface area contributed by atoms with Crippen LogP contribution in [0, 0.1) is 12.7 Å². The Bertz CT molecular complexity index is 868. The number of carbonyl (C=O) groups is 1. The van der Waals surface area contributed by atoms with Crippen molar-refractivity contribution < 1.29 is 9.18 Å². The summed E-state index contributed by atoms with van der Waals surface area (Å²) >= 11 is 0. The van der Waals surface area contributed by atoms with E-state index in [-0.39, 0.29) is 17.4 Å². The first-order valence-electron chi connectivity index (χ1n) is 7.65. The third kappa shape index (κ3) is 4.57. The van der Waals surface area contributed by atoms with E-state index < -0.39 is 0 Å². The van der Waals surface area contributed by atoms with Crippen molar-refractivity contribution >= 4 is 17.4 Å². The Morgan fingerprint density at radius 3 is 2.52 bits per heavy atom. The minimum absolute atomic E-state index is 0.231. The van der Waals surface area contributed by atoms with Gasteiger partial charge in [0.15, 0.2) is 0 Å². The summed E-state index contributed by atoms with van der Waals surface area (Å²) in [5.74, 6) is 0.278. The highest BCUT2D eigenvalue weighted by molar-refractivity contribution is 6.03. The molecule has 0 fully saturated rings. The predicted octanol–water partition coefficient (Wildman–Crippen LogP) is 3.18. The molecule has 126 valence electrons. The van der Waals surface area contributed by atoms with Gasteiger partial charge in [-0.2, -0.15) is 0 Å². The summed E-state index contributed by atoms with van der Waals surface area (Å²) in [6.45, 7) is 2.27. The van der Waals surface area contributed by atoms with E-state index in [0.717, 1.165) is 5.56 Å². The monoisotopic (exact) mass is 337 g/mol. The molecule has 0 atom stereocenters. The molecular formula is C18H16FN5O. The van der Waals surface area contributed by atoms with E-state index in [0.29, 0.717) is 23.9 Å². The van der Waals surface area contributed by atoms with E-state index in [1.807, 2.05) is 12.1 Å². The van der Waals surface area contributed by atoms with Gasteiger partial charge in [0.2, 0.25) is 0 Å². The van der Waals surface area contributed by atoms with Crippen LogP contribution in [-0.4, -0.2) is 20.9 Å². The van der Waals surface area contributed by atoms with Gasteiger partial charge in [0, 0.05) is 30.7 Å². The van der Waals surface area contributed by atoms with Gasteiger partial charge < -0.3 is 10.6 Å². The number of aryl methyl sites for hydroxylation is 1. The summed E-state index contributed by atoms with van der Waals surface area (Å²) in [6, 6.07) is 10.9. The summed E-state index contributed by atoms with van der Waals surface area (Å²) < 4.78 is 12.9. The molecule has 3 aromatic rings. The van der Waals surface area contributed by atoms with E-state index in [9.17, 15) is 9.18 Å². The Hall–Kier alpha value is -3.35. The van der Waals surface area contributed by atoms with E-state index >= 15 is 0 Å². The SMILES string of the molecule is Cc1nc(NCc2ccncc2)cc(C(=O)Nc2ccc(F)cc2)n1. The van der Waals surface area contributed by atoms with Crippen LogP contribution in [0.3, 0.4) is 0 Å². The van der Waals surface area contributed by atoms with Crippen LogP contribution < -0.4 is 10.6 Å². The van der Waals surface area contributed by atoms with Gasteiger partial charge in [-0.25, -0.2) is 14.4 Å². The maximum absolute atomic E-state index is 12.9. The van der Waals surface area contributed by atoms with Crippen molar-refractivity contribution in [2.75, 3.05) is 10.6 Å². The third-order valence-corrected chi connectivity index (χ3v) is 3.40. The number of amides is 1. The number of pyridine rings is 1. The van der Waals surface area contributed by atoms with Crippen molar-refractivity contribution in [3.8, 4) is 0 Å². The first-order chi connectivity index (χ1) is 12.1. The molecule has 1 aromatic carbocycles. The Labute approximate surface area is 144 Å². The van der Waals surface area contributed by atoms with Crippen LogP contribution in [0.5, 0.6) is 0 Å². The van der Waals surface area contributed by atoms with Crippen LogP contribution in [0.15, 0.2) is 54.9 Å². The fourth-order valence-corrected chi connectivity index (χ4v) is 2.20. The number of benzene rings is 1. The highest BCUT2D eigenvalue weighted by Gasteiger charge is 2.11. The summed E-state index contributed by atoms with van der Waals surface area (Å²) in [5.41, 5.74) is 1.77. The molecule has 3 rings (SSSR count). The lowest BCUT2D eigenvalue weighted by Crippen LogP contribution is -2.15. The molecule has 0 aliphatic rings. The Balaban J connectivity index is 1.72.